The van der Waals surface area contributed by atoms with Crippen LogP contribution in [0.1, 0.15) is 31.7 Å². The Balaban J connectivity index is 1.37. The highest BCUT2D eigenvalue weighted by molar-refractivity contribution is 5.87. The lowest BCUT2D eigenvalue weighted by atomic mass is 9.93. The molecule has 0 unspecified atom stereocenters. The lowest BCUT2D eigenvalue weighted by Gasteiger charge is -2.37. The number of nitrogens with one attached hydrogen (secondary N) is 1. The number of piperidine rings is 2. The highest BCUT2D eigenvalue weighted by Crippen LogP contribution is 2.27. The number of hydrogen-bond donors (Lipinski definition) is 1. The first-order chi connectivity index (χ1) is 13.6. The van der Waals surface area contributed by atoms with Crippen LogP contribution in [0.2, 0.25) is 0 Å². The molecule has 1 N–H and O–H groups in total. The molecule has 2 aromatic rings. The Hall–Kier alpha value is -2.83. The molecule has 2 amide bonds. The van der Waals surface area contributed by atoms with Gasteiger partial charge in [-0.15, -0.1) is 0 Å². The number of para-hydroxylation sites is 2. The van der Waals surface area contributed by atoms with Crippen LogP contribution in [0.4, 0.5) is 0 Å². The highest BCUT2D eigenvalue weighted by Gasteiger charge is 2.32. The summed E-state index contributed by atoms with van der Waals surface area (Å²) in [5.74, 6) is 0.118. The van der Waals surface area contributed by atoms with Gasteiger partial charge in [-0.25, -0.2) is 4.79 Å². The van der Waals surface area contributed by atoms with Gasteiger partial charge in [-0.2, -0.15) is 0 Å². The number of imidazole rings is 1. The molecular formula is C21H26N4O3. The molecule has 2 fully saturated rings. The fourth-order valence-electron chi connectivity index (χ4n) is 4.52. The van der Waals surface area contributed by atoms with E-state index in [4.69, 9.17) is 0 Å². The normalized spacial score (nSPS) is 19.1. The number of carbonyl (C=O) groups excluding carboxylic acids is 2. The van der Waals surface area contributed by atoms with Crippen molar-refractivity contribution in [2.24, 2.45) is 5.92 Å². The smallest absolute Gasteiger partial charge is 0.326 e. The summed E-state index contributed by atoms with van der Waals surface area (Å²) < 4.78 is 1.84. The maximum atomic E-state index is 12.9. The zero-order valence-electron chi connectivity index (χ0n) is 16.0. The molecule has 0 radical (unpaired) electrons. The lowest BCUT2D eigenvalue weighted by molar-refractivity contribution is -0.140. The average Bonchev–Trinajstić information content (AvgIpc) is 3.08. The largest absolute Gasteiger partial charge is 0.342 e. The summed E-state index contributed by atoms with van der Waals surface area (Å²) in [6.45, 7) is 6.09. The van der Waals surface area contributed by atoms with Crippen molar-refractivity contribution in [2.45, 2.75) is 31.7 Å². The maximum Gasteiger partial charge on any atom is 0.326 e. The van der Waals surface area contributed by atoms with Crippen LogP contribution in [-0.2, 0) is 9.59 Å². The molecule has 148 valence electrons. The van der Waals surface area contributed by atoms with E-state index in [9.17, 15) is 14.4 Å². The SMILES string of the molecule is C=CC(=O)N1CCC(C(=O)N2CCC(n3c(=O)[nH]c4ccccc43)CC2)CC1. The Kier molecular flexibility index (Phi) is 5.07. The van der Waals surface area contributed by atoms with E-state index in [1.807, 2.05) is 33.7 Å². The lowest BCUT2D eigenvalue weighted by Crippen LogP contribution is -2.46. The zero-order valence-corrected chi connectivity index (χ0v) is 16.0. The van der Waals surface area contributed by atoms with E-state index in [1.165, 1.54) is 6.08 Å². The molecule has 0 saturated carbocycles. The minimum Gasteiger partial charge on any atom is -0.342 e. The van der Waals surface area contributed by atoms with Crippen molar-refractivity contribution >= 4 is 22.8 Å². The van der Waals surface area contributed by atoms with Gasteiger partial charge < -0.3 is 14.8 Å². The number of rotatable bonds is 3. The number of aromatic nitrogens is 2. The van der Waals surface area contributed by atoms with Crippen molar-refractivity contribution in [3.63, 3.8) is 0 Å². The van der Waals surface area contributed by atoms with E-state index in [1.54, 1.807) is 4.90 Å². The zero-order chi connectivity index (χ0) is 19.7. The van der Waals surface area contributed by atoms with Crippen LogP contribution in [0.5, 0.6) is 0 Å². The van der Waals surface area contributed by atoms with Crippen molar-refractivity contribution in [1.82, 2.24) is 19.4 Å². The molecule has 0 spiro atoms. The first-order valence-corrected chi connectivity index (χ1v) is 9.98. The van der Waals surface area contributed by atoms with Gasteiger partial charge >= 0.3 is 5.69 Å². The van der Waals surface area contributed by atoms with Crippen LogP contribution in [0.15, 0.2) is 41.7 Å². The molecule has 7 nitrogen and oxygen atoms in total. The van der Waals surface area contributed by atoms with E-state index in [-0.39, 0.29) is 29.5 Å². The number of H-pyrrole nitrogens is 1. The molecule has 2 saturated heterocycles. The van der Waals surface area contributed by atoms with Crippen molar-refractivity contribution in [3.8, 4) is 0 Å². The van der Waals surface area contributed by atoms with Gasteiger partial charge in [0, 0.05) is 38.1 Å². The van der Waals surface area contributed by atoms with Crippen LogP contribution < -0.4 is 5.69 Å². The Morgan fingerprint density at radius 3 is 2.32 bits per heavy atom. The second-order valence-corrected chi connectivity index (χ2v) is 7.68. The molecular weight excluding hydrogens is 356 g/mol. The molecule has 28 heavy (non-hydrogen) atoms. The number of hydrogen-bond acceptors (Lipinski definition) is 3. The van der Waals surface area contributed by atoms with Gasteiger partial charge in [-0.3, -0.25) is 14.2 Å². The van der Waals surface area contributed by atoms with Gasteiger partial charge in [-0.1, -0.05) is 18.7 Å². The quantitative estimate of drug-likeness (QED) is 0.824. The number of aromatic amines is 1. The van der Waals surface area contributed by atoms with Crippen molar-refractivity contribution in [3.05, 3.63) is 47.4 Å². The third kappa shape index (κ3) is 3.37. The van der Waals surface area contributed by atoms with E-state index in [0.29, 0.717) is 39.0 Å². The Morgan fingerprint density at radius 2 is 1.64 bits per heavy atom. The minimum absolute atomic E-state index is 0.0128. The number of likely N-dealkylation sites (tertiary alicyclic amines) is 2. The van der Waals surface area contributed by atoms with E-state index in [2.05, 4.69) is 11.6 Å². The van der Waals surface area contributed by atoms with Gasteiger partial charge in [0.25, 0.3) is 0 Å². The topological polar surface area (TPSA) is 78.4 Å². The predicted octanol–water partition coefficient (Wildman–Crippen LogP) is 1.92. The molecule has 4 rings (SSSR count). The molecule has 2 aliphatic rings. The maximum absolute atomic E-state index is 12.9. The Morgan fingerprint density at radius 1 is 1.00 bits per heavy atom. The van der Waals surface area contributed by atoms with Gasteiger partial charge in [0.1, 0.15) is 0 Å². The highest BCUT2D eigenvalue weighted by atomic mass is 16.2. The predicted molar refractivity (Wildman–Crippen MR) is 107 cm³/mol. The second-order valence-electron chi connectivity index (χ2n) is 7.68. The van der Waals surface area contributed by atoms with Gasteiger partial charge in [0.2, 0.25) is 11.8 Å². The molecule has 2 aliphatic heterocycles. The molecule has 7 heteroatoms. The van der Waals surface area contributed by atoms with Crippen LogP contribution in [0, 0.1) is 5.92 Å². The Bertz CT molecular complexity index is 944. The number of nitrogens with zero attached hydrogens (tertiary/aromatic N) is 3. The Labute approximate surface area is 163 Å². The second kappa shape index (κ2) is 7.66. The summed E-state index contributed by atoms with van der Waals surface area (Å²) in [4.78, 5) is 43.6. The van der Waals surface area contributed by atoms with E-state index < -0.39 is 0 Å². The van der Waals surface area contributed by atoms with Crippen LogP contribution >= 0.6 is 0 Å². The third-order valence-corrected chi connectivity index (χ3v) is 6.10. The standard InChI is InChI=1S/C21H26N4O3/c1-2-19(26)23-11-7-15(8-12-23)20(27)24-13-9-16(10-14-24)25-18-6-4-3-5-17(18)22-21(25)28/h2-6,15-16H,1,7-14H2,(H,22,28). The summed E-state index contributed by atoms with van der Waals surface area (Å²) >= 11 is 0. The summed E-state index contributed by atoms with van der Waals surface area (Å²) in [6, 6.07) is 7.84. The number of carbonyl (C=O) groups is 2. The molecule has 1 aromatic carbocycles. The summed E-state index contributed by atoms with van der Waals surface area (Å²) in [7, 11) is 0. The van der Waals surface area contributed by atoms with Gasteiger partial charge in [0.05, 0.1) is 11.0 Å². The van der Waals surface area contributed by atoms with Crippen LogP contribution in [0.3, 0.4) is 0 Å². The number of amides is 2. The van der Waals surface area contributed by atoms with Crippen LogP contribution in [-0.4, -0.2) is 57.3 Å². The van der Waals surface area contributed by atoms with Gasteiger partial charge in [0.15, 0.2) is 0 Å². The van der Waals surface area contributed by atoms with E-state index in [0.717, 1.165) is 23.9 Å². The first-order valence-electron chi connectivity index (χ1n) is 9.98. The first kappa shape index (κ1) is 18.5. The summed E-state index contributed by atoms with van der Waals surface area (Å²) in [5, 5.41) is 0. The summed E-state index contributed by atoms with van der Waals surface area (Å²) in [5.41, 5.74) is 1.70. The minimum atomic E-state index is -0.0785. The number of benzene rings is 1. The van der Waals surface area contributed by atoms with Gasteiger partial charge in [-0.05, 0) is 43.9 Å². The van der Waals surface area contributed by atoms with Crippen LogP contribution in [0.25, 0.3) is 11.0 Å². The molecule has 0 atom stereocenters. The van der Waals surface area contributed by atoms with Crippen molar-refractivity contribution < 1.29 is 9.59 Å². The van der Waals surface area contributed by atoms with Crippen molar-refractivity contribution in [2.75, 3.05) is 26.2 Å². The third-order valence-electron chi connectivity index (χ3n) is 6.10. The van der Waals surface area contributed by atoms with Crippen molar-refractivity contribution in [1.29, 1.82) is 0 Å². The fourth-order valence-corrected chi connectivity index (χ4v) is 4.52. The molecule has 0 bridgehead atoms. The molecule has 1 aromatic heterocycles. The fraction of sp³-hybridized carbons (Fsp3) is 0.476. The number of fused-ring (bicyclic) bond motifs is 1. The summed E-state index contributed by atoms with van der Waals surface area (Å²) in [6.07, 6.45) is 4.31. The average molecular weight is 382 g/mol. The molecule has 3 heterocycles. The van der Waals surface area contributed by atoms with E-state index >= 15 is 0 Å². The monoisotopic (exact) mass is 382 g/mol. The molecule has 0 aliphatic carbocycles.